The van der Waals surface area contributed by atoms with Gasteiger partial charge in [-0.2, -0.15) is 0 Å². The quantitative estimate of drug-likeness (QED) is 0.807. The van der Waals surface area contributed by atoms with E-state index in [0.717, 1.165) is 42.3 Å². The van der Waals surface area contributed by atoms with E-state index in [1.165, 1.54) is 6.07 Å². The number of halogens is 1. The second kappa shape index (κ2) is 6.04. The Hall–Kier alpha value is -2.34. The summed E-state index contributed by atoms with van der Waals surface area (Å²) < 4.78 is 15.2. The van der Waals surface area contributed by atoms with Crippen molar-refractivity contribution >= 4 is 10.8 Å². The number of benzene rings is 2. The fourth-order valence-corrected chi connectivity index (χ4v) is 3.50. The Morgan fingerprint density at radius 2 is 2.04 bits per heavy atom. The maximum Gasteiger partial charge on any atom is 0.138 e. The molecule has 5 nitrogen and oxygen atoms in total. The zero-order chi connectivity index (χ0) is 15.6. The van der Waals surface area contributed by atoms with Crippen LogP contribution in [-0.2, 0) is 0 Å². The Kier molecular flexibility index (Phi) is 3.75. The first-order chi connectivity index (χ1) is 11.3. The Labute approximate surface area is 133 Å². The summed E-state index contributed by atoms with van der Waals surface area (Å²) in [6, 6.07) is 11.1. The summed E-state index contributed by atoms with van der Waals surface area (Å²) in [5.41, 5.74) is 1.16. The number of nitrogens with one attached hydrogen (secondary N) is 1. The van der Waals surface area contributed by atoms with E-state index in [1.54, 1.807) is 12.4 Å². The monoisotopic (exact) mass is 311 g/mol. The van der Waals surface area contributed by atoms with Crippen LogP contribution in [0.1, 0.15) is 24.4 Å². The van der Waals surface area contributed by atoms with Crippen LogP contribution < -0.4 is 5.32 Å². The first-order valence-electron chi connectivity index (χ1n) is 7.94. The van der Waals surface area contributed by atoms with Crippen LogP contribution in [0.4, 0.5) is 4.39 Å². The Morgan fingerprint density at radius 1 is 1.17 bits per heavy atom. The predicted molar refractivity (Wildman–Crippen MR) is 85.5 cm³/mol. The molecule has 0 spiro atoms. The molecule has 23 heavy (non-hydrogen) atoms. The number of tetrazole rings is 1. The largest absolute Gasteiger partial charge is 0.316 e. The molecule has 1 N–H and O–H groups in total. The van der Waals surface area contributed by atoms with Gasteiger partial charge in [-0.1, -0.05) is 18.2 Å². The van der Waals surface area contributed by atoms with Crippen LogP contribution in [0.2, 0.25) is 0 Å². The number of rotatable bonds is 3. The summed E-state index contributed by atoms with van der Waals surface area (Å²) in [7, 11) is 0. The van der Waals surface area contributed by atoms with Gasteiger partial charge in [0.25, 0.3) is 0 Å². The van der Waals surface area contributed by atoms with Gasteiger partial charge in [-0.25, -0.2) is 9.07 Å². The summed E-state index contributed by atoms with van der Waals surface area (Å²) in [4.78, 5) is 0. The van der Waals surface area contributed by atoms with Gasteiger partial charge in [0.05, 0.1) is 6.04 Å². The van der Waals surface area contributed by atoms with Crippen LogP contribution in [0.5, 0.6) is 0 Å². The minimum absolute atomic E-state index is 0.0900. The lowest BCUT2D eigenvalue weighted by Gasteiger charge is -2.30. The number of aromatic nitrogens is 4. The molecule has 3 aromatic rings. The van der Waals surface area contributed by atoms with Gasteiger partial charge in [0, 0.05) is 6.54 Å². The molecule has 0 bridgehead atoms. The molecule has 4 rings (SSSR count). The van der Waals surface area contributed by atoms with Crippen molar-refractivity contribution in [3.8, 4) is 0 Å². The molecule has 0 unspecified atom stereocenters. The first-order valence-corrected chi connectivity index (χ1v) is 7.94. The Morgan fingerprint density at radius 3 is 2.83 bits per heavy atom. The van der Waals surface area contributed by atoms with Gasteiger partial charge in [-0.3, -0.25) is 0 Å². The fourth-order valence-electron chi connectivity index (χ4n) is 3.50. The van der Waals surface area contributed by atoms with Gasteiger partial charge in [-0.15, -0.1) is 5.10 Å². The molecule has 1 aliphatic rings. The van der Waals surface area contributed by atoms with E-state index in [9.17, 15) is 4.39 Å². The van der Waals surface area contributed by atoms with Crippen molar-refractivity contribution in [2.24, 2.45) is 5.92 Å². The first kappa shape index (κ1) is 14.3. The van der Waals surface area contributed by atoms with Crippen LogP contribution in [0.3, 0.4) is 0 Å². The maximum atomic E-state index is 13.4. The molecule has 2 aromatic carbocycles. The van der Waals surface area contributed by atoms with Crippen molar-refractivity contribution in [2.45, 2.75) is 18.9 Å². The lowest BCUT2D eigenvalue weighted by atomic mass is 9.86. The van der Waals surface area contributed by atoms with Gasteiger partial charge in [-0.05, 0) is 70.3 Å². The summed E-state index contributed by atoms with van der Waals surface area (Å²) in [6.07, 6.45) is 3.97. The van der Waals surface area contributed by atoms with E-state index in [4.69, 9.17) is 0 Å². The maximum absolute atomic E-state index is 13.4. The van der Waals surface area contributed by atoms with E-state index in [2.05, 4.69) is 33.0 Å². The second-order valence-corrected chi connectivity index (χ2v) is 6.09. The summed E-state index contributed by atoms with van der Waals surface area (Å²) in [5.74, 6) is 0.226. The van der Waals surface area contributed by atoms with E-state index < -0.39 is 0 Å². The van der Waals surface area contributed by atoms with Crippen molar-refractivity contribution in [3.05, 3.63) is 54.1 Å². The minimum Gasteiger partial charge on any atom is -0.316 e. The number of piperidine rings is 1. The van der Waals surface area contributed by atoms with Gasteiger partial charge < -0.3 is 5.32 Å². The van der Waals surface area contributed by atoms with Gasteiger partial charge in [0.15, 0.2) is 0 Å². The highest BCUT2D eigenvalue weighted by Crippen LogP contribution is 2.32. The highest BCUT2D eigenvalue weighted by Gasteiger charge is 2.27. The Balaban J connectivity index is 1.77. The molecule has 1 fully saturated rings. The summed E-state index contributed by atoms with van der Waals surface area (Å²) >= 11 is 0. The van der Waals surface area contributed by atoms with E-state index >= 15 is 0 Å². The number of nitrogens with zero attached hydrogens (tertiary/aromatic N) is 4. The third-order valence-electron chi connectivity index (χ3n) is 4.60. The van der Waals surface area contributed by atoms with E-state index in [1.807, 2.05) is 16.8 Å². The molecule has 118 valence electrons. The average Bonchev–Trinajstić information content (AvgIpc) is 3.10. The van der Waals surface area contributed by atoms with Crippen LogP contribution in [0, 0.1) is 11.7 Å². The predicted octanol–water partition coefficient (Wildman–Crippen LogP) is 2.55. The Bertz CT molecular complexity index is 796. The van der Waals surface area contributed by atoms with Crippen LogP contribution in [0.15, 0.2) is 42.7 Å². The summed E-state index contributed by atoms with van der Waals surface area (Å²) in [6.45, 7) is 2.02. The highest BCUT2D eigenvalue weighted by atomic mass is 19.1. The lowest BCUT2D eigenvalue weighted by molar-refractivity contribution is 0.279. The number of fused-ring (bicyclic) bond motifs is 1. The van der Waals surface area contributed by atoms with E-state index in [-0.39, 0.29) is 11.9 Å². The van der Waals surface area contributed by atoms with Crippen LogP contribution in [0.25, 0.3) is 10.8 Å². The summed E-state index contributed by atoms with van der Waals surface area (Å²) in [5, 5.41) is 17.1. The van der Waals surface area contributed by atoms with Crippen molar-refractivity contribution in [1.82, 2.24) is 25.5 Å². The van der Waals surface area contributed by atoms with Gasteiger partial charge >= 0.3 is 0 Å². The zero-order valence-electron chi connectivity index (χ0n) is 12.7. The highest BCUT2D eigenvalue weighted by molar-refractivity contribution is 5.83. The van der Waals surface area contributed by atoms with E-state index in [0.29, 0.717) is 5.92 Å². The molecule has 1 aromatic heterocycles. The van der Waals surface area contributed by atoms with Crippen molar-refractivity contribution < 1.29 is 4.39 Å². The zero-order valence-corrected chi connectivity index (χ0v) is 12.7. The minimum atomic E-state index is -0.209. The van der Waals surface area contributed by atoms with Crippen molar-refractivity contribution in [2.75, 3.05) is 13.1 Å². The topological polar surface area (TPSA) is 55.6 Å². The number of hydrogen-bond acceptors (Lipinski definition) is 4. The third-order valence-corrected chi connectivity index (χ3v) is 4.60. The molecule has 1 saturated heterocycles. The van der Waals surface area contributed by atoms with Crippen LogP contribution in [-0.4, -0.2) is 33.3 Å². The lowest BCUT2D eigenvalue weighted by Crippen LogP contribution is -2.36. The standard InChI is InChI=1S/C17H18FN5/c18-16-6-5-12-8-14(4-3-13(12)9-16)17(23-11-20-21-22-23)15-2-1-7-19-10-15/h3-6,8-9,11,15,17,19H,1-2,7,10H2/t15-,17-/m1/s1. The average molecular weight is 311 g/mol. The van der Waals surface area contributed by atoms with Gasteiger partial charge in [0.2, 0.25) is 0 Å². The van der Waals surface area contributed by atoms with Crippen LogP contribution >= 0.6 is 0 Å². The molecule has 0 saturated carbocycles. The fraction of sp³-hybridized carbons (Fsp3) is 0.353. The molecule has 2 heterocycles. The second-order valence-electron chi connectivity index (χ2n) is 6.09. The number of hydrogen-bond donors (Lipinski definition) is 1. The molecule has 0 amide bonds. The molecular weight excluding hydrogens is 293 g/mol. The molecule has 1 aliphatic heterocycles. The third kappa shape index (κ3) is 2.82. The molecule has 0 radical (unpaired) electrons. The SMILES string of the molecule is Fc1ccc2cc([C@H]([C@@H]3CCCNC3)n3cnnn3)ccc2c1. The smallest absolute Gasteiger partial charge is 0.138 e. The van der Waals surface area contributed by atoms with Crippen molar-refractivity contribution in [3.63, 3.8) is 0 Å². The van der Waals surface area contributed by atoms with Gasteiger partial charge in [0.1, 0.15) is 12.1 Å². The molecule has 0 aliphatic carbocycles. The molecule has 2 atom stereocenters. The molecule has 6 heteroatoms. The normalized spacial score (nSPS) is 19.8. The molecular formula is C17H18FN5. The van der Waals surface area contributed by atoms with Crippen molar-refractivity contribution in [1.29, 1.82) is 0 Å².